The van der Waals surface area contributed by atoms with Gasteiger partial charge >= 0.3 is 0 Å². The van der Waals surface area contributed by atoms with Crippen molar-refractivity contribution < 1.29 is 13.9 Å². The molecule has 0 radical (unpaired) electrons. The number of halogens is 1. The fraction of sp³-hybridized carbons (Fsp3) is 0.412. The number of benzene rings is 1. The number of fused-ring (bicyclic) bond motifs is 3. The van der Waals surface area contributed by atoms with Gasteiger partial charge in [0, 0.05) is 6.92 Å². The highest BCUT2D eigenvalue weighted by Gasteiger charge is 2.78. The second-order valence-corrected chi connectivity index (χ2v) is 6.17. The van der Waals surface area contributed by atoms with E-state index in [0.29, 0.717) is 0 Å². The van der Waals surface area contributed by atoms with Crippen LogP contribution in [0.4, 0.5) is 4.39 Å². The molecule has 1 aromatic carbocycles. The first-order valence-corrected chi connectivity index (χ1v) is 7.26. The monoisotopic (exact) mass is 324 g/mol. The van der Waals surface area contributed by atoms with Gasteiger partial charge in [0.05, 0.1) is 24.1 Å². The normalized spacial score (nSPS) is 36.1. The Bertz CT molecular complexity index is 851. The molecule has 3 fully saturated rings. The summed E-state index contributed by atoms with van der Waals surface area (Å²) in [6.45, 7) is 3.09. The number of nitrogens with one attached hydrogen (secondary N) is 1. The highest BCUT2D eigenvalue weighted by atomic mass is 19.1. The topological polar surface area (TPSA) is 114 Å². The van der Waals surface area contributed by atoms with Crippen LogP contribution < -0.4 is 0 Å². The quantitative estimate of drug-likeness (QED) is 0.853. The van der Waals surface area contributed by atoms with Gasteiger partial charge in [0.25, 0.3) is 0 Å². The Hall–Kier alpha value is -2.95. The van der Waals surface area contributed by atoms with Crippen molar-refractivity contribution in [3.05, 3.63) is 35.6 Å². The van der Waals surface area contributed by atoms with Crippen LogP contribution >= 0.6 is 0 Å². The molecule has 2 bridgehead atoms. The van der Waals surface area contributed by atoms with E-state index in [1.54, 1.807) is 6.92 Å². The van der Waals surface area contributed by atoms with Crippen molar-refractivity contribution in [1.82, 2.24) is 0 Å². The third-order valence-corrected chi connectivity index (χ3v) is 5.15. The van der Waals surface area contributed by atoms with Crippen LogP contribution in [0.1, 0.15) is 25.5 Å². The molecule has 3 aliphatic heterocycles. The molecule has 0 saturated carbocycles. The molecular weight excluding hydrogens is 311 g/mol. The van der Waals surface area contributed by atoms with Gasteiger partial charge in [-0.1, -0.05) is 19.1 Å². The number of ether oxygens (including phenoxy) is 2. The molecule has 0 amide bonds. The van der Waals surface area contributed by atoms with Crippen molar-refractivity contribution in [3.8, 4) is 18.2 Å². The van der Waals surface area contributed by atoms with Crippen LogP contribution in [0.15, 0.2) is 24.3 Å². The predicted octanol–water partition coefficient (Wildman–Crippen LogP) is 2.80. The molecule has 3 heterocycles. The van der Waals surface area contributed by atoms with E-state index in [4.69, 9.17) is 14.9 Å². The molecule has 0 spiro atoms. The standard InChI is InChI=1S/C17H13FN4O2/c1-10-15(2)23-13(11-4-3-5-12(18)6-11)17(9-21,14(22)24-15)16(10,7-19)8-20/h3-6,10,13,22H,1-2H3/t10-,13+,15+,17+/m0/s1. The van der Waals surface area contributed by atoms with Crippen LogP contribution in [0.2, 0.25) is 0 Å². The van der Waals surface area contributed by atoms with E-state index in [0.717, 1.165) is 0 Å². The molecular formula is C17H13FN4O2. The first-order valence-electron chi connectivity index (χ1n) is 7.26. The minimum atomic E-state index is -1.98. The van der Waals surface area contributed by atoms with Gasteiger partial charge in [-0.05, 0) is 17.7 Å². The predicted molar refractivity (Wildman–Crippen MR) is 78.3 cm³/mol. The van der Waals surface area contributed by atoms with Gasteiger partial charge in [-0.2, -0.15) is 15.8 Å². The minimum Gasteiger partial charge on any atom is -0.448 e. The van der Waals surface area contributed by atoms with Gasteiger partial charge in [0.1, 0.15) is 11.9 Å². The lowest BCUT2D eigenvalue weighted by Crippen LogP contribution is -2.71. The molecule has 1 N–H and O–H groups in total. The van der Waals surface area contributed by atoms with Gasteiger partial charge in [-0.15, -0.1) is 0 Å². The van der Waals surface area contributed by atoms with Crippen molar-refractivity contribution in [2.75, 3.05) is 0 Å². The van der Waals surface area contributed by atoms with E-state index in [2.05, 4.69) is 0 Å². The van der Waals surface area contributed by atoms with E-state index in [1.165, 1.54) is 31.2 Å². The second-order valence-electron chi connectivity index (χ2n) is 6.17. The number of rotatable bonds is 1. The number of hydrogen-bond acceptors (Lipinski definition) is 6. The summed E-state index contributed by atoms with van der Waals surface area (Å²) in [5, 5.41) is 37.7. The Morgan fingerprint density at radius 3 is 2.42 bits per heavy atom. The Balaban J connectivity index is 2.35. The first-order chi connectivity index (χ1) is 11.3. The molecule has 4 rings (SSSR count). The van der Waals surface area contributed by atoms with Crippen molar-refractivity contribution in [1.29, 1.82) is 21.2 Å². The van der Waals surface area contributed by atoms with Crippen LogP contribution in [0.25, 0.3) is 0 Å². The average molecular weight is 324 g/mol. The van der Waals surface area contributed by atoms with E-state index in [-0.39, 0.29) is 5.56 Å². The summed E-state index contributed by atoms with van der Waals surface area (Å²) in [5.74, 6) is -3.29. The van der Waals surface area contributed by atoms with Crippen LogP contribution in [0.5, 0.6) is 0 Å². The summed E-state index contributed by atoms with van der Waals surface area (Å²) >= 11 is 0. The second kappa shape index (κ2) is 4.77. The molecule has 3 saturated heterocycles. The van der Waals surface area contributed by atoms with Crippen LogP contribution in [0, 0.1) is 62.0 Å². The fourth-order valence-electron chi connectivity index (χ4n) is 3.64. The molecule has 6 nitrogen and oxygen atoms in total. The fourth-order valence-corrected chi connectivity index (χ4v) is 3.64. The average Bonchev–Trinajstić information content (AvgIpc) is 2.56. The van der Waals surface area contributed by atoms with E-state index in [1.807, 2.05) is 18.2 Å². The maximum atomic E-state index is 13.7. The molecule has 3 aliphatic rings. The summed E-state index contributed by atoms with van der Waals surface area (Å²) < 4.78 is 25.0. The van der Waals surface area contributed by atoms with Crippen LogP contribution in [-0.4, -0.2) is 11.7 Å². The third kappa shape index (κ3) is 1.56. The van der Waals surface area contributed by atoms with Crippen molar-refractivity contribution >= 4 is 5.90 Å². The van der Waals surface area contributed by atoms with Gasteiger partial charge in [0.15, 0.2) is 10.8 Å². The van der Waals surface area contributed by atoms with E-state index in [9.17, 15) is 20.2 Å². The Kier molecular flexibility index (Phi) is 3.17. The first kappa shape index (κ1) is 15.9. The molecule has 0 unspecified atom stereocenters. The van der Waals surface area contributed by atoms with E-state index >= 15 is 0 Å². The molecule has 0 aromatic heterocycles. The molecule has 7 heteroatoms. The highest BCUT2D eigenvalue weighted by Crippen LogP contribution is 2.66. The molecule has 1 aromatic rings. The Morgan fingerprint density at radius 1 is 1.21 bits per heavy atom. The van der Waals surface area contributed by atoms with Crippen LogP contribution in [0.3, 0.4) is 0 Å². The molecule has 0 aliphatic carbocycles. The smallest absolute Gasteiger partial charge is 0.215 e. The minimum absolute atomic E-state index is 0.276. The SMILES string of the molecule is C[C@@H]1C(C#N)(C#N)[C@@]2(C#N)C(=N)O[C@@]1(C)O[C@@H]2c1cccc(F)c1. The maximum Gasteiger partial charge on any atom is 0.215 e. The summed E-state index contributed by atoms with van der Waals surface area (Å²) in [6.07, 6.45) is -1.17. The lowest BCUT2D eigenvalue weighted by molar-refractivity contribution is -0.338. The summed E-state index contributed by atoms with van der Waals surface area (Å²) in [5.41, 5.74) is -3.57. The Morgan fingerprint density at radius 2 is 1.88 bits per heavy atom. The van der Waals surface area contributed by atoms with E-state index < -0.39 is 40.4 Å². The zero-order valence-corrected chi connectivity index (χ0v) is 13.0. The maximum absolute atomic E-state index is 13.7. The summed E-state index contributed by atoms with van der Waals surface area (Å²) in [4.78, 5) is 0. The van der Waals surface area contributed by atoms with Crippen molar-refractivity contribution in [2.45, 2.75) is 25.7 Å². The molecule has 24 heavy (non-hydrogen) atoms. The van der Waals surface area contributed by atoms with Gasteiger partial charge in [-0.3, -0.25) is 5.41 Å². The zero-order valence-electron chi connectivity index (χ0n) is 13.0. The Labute approximate surface area is 138 Å². The number of nitrogens with zero attached hydrogens (tertiary/aromatic N) is 3. The summed E-state index contributed by atoms with van der Waals surface area (Å²) in [6, 6.07) is 11.2. The van der Waals surface area contributed by atoms with Gasteiger partial charge in [0.2, 0.25) is 11.7 Å². The number of nitriles is 3. The largest absolute Gasteiger partial charge is 0.448 e. The van der Waals surface area contributed by atoms with Gasteiger partial charge < -0.3 is 9.47 Å². The number of hydrogen-bond donors (Lipinski definition) is 1. The summed E-state index contributed by atoms with van der Waals surface area (Å²) in [7, 11) is 0. The third-order valence-electron chi connectivity index (χ3n) is 5.15. The highest BCUT2D eigenvalue weighted by molar-refractivity contribution is 5.88. The van der Waals surface area contributed by atoms with Gasteiger partial charge in [-0.25, -0.2) is 4.39 Å². The lowest BCUT2D eigenvalue weighted by Gasteiger charge is -2.60. The van der Waals surface area contributed by atoms with Crippen LogP contribution in [-0.2, 0) is 9.47 Å². The molecule has 4 atom stereocenters. The molecule has 120 valence electrons. The van der Waals surface area contributed by atoms with Crippen molar-refractivity contribution in [2.24, 2.45) is 16.7 Å². The van der Waals surface area contributed by atoms with Crippen molar-refractivity contribution in [3.63, 3.8) is 0 Å². The zero-order chi connectivity index (χ0) is 17.8. The lowest BCUT2D eigenvalue weighted by atomic mass is 9.51.